The number of nitrogens with two attached hydrogens (primary N) is 1. The molecule has 0 heterocycles. The fourth-order valence-electron chi connectivity index (χ4n) is 4.26. The molecular weight excluding hydrogens is 550 g/mol. The highest BCUT2D eigenvalue weighted by Crippen LogP contribution is 2.40. The first kappa shape index (κ1) is 28.5. The molecule has 3 aromatic rings. The zero-order valence-corrected chi connectivity index (χ0v) is 22.6. The number of hydrogen-bond acceptors (Lipinski definition) is 6. The Morgan fingerprint density at radius 3 is 2.36 bits per heavy atom. The molecule has 3 N–H and O–H groups in total. The number of Topliss-reactive ketones (excluding diaryl/α,β-unsaturated/α-hetero) is 1. The molecule has 1 saturated carbocycles. The molecule has 1 unspecified atom stereocenters. The predicted molar refractivity (Wildman–Crippen MR) is 146 cm³/mol. The molecule has 11 heteroatoms. The van der Waals surface area contributed by atoms with Crippen LogP contribution in [0.5, 0.6) is 5.75 Å². The second-order valence-electron chi connectivity index (χ2n) is 9.54. The molecule has 0 spiro atoms. The Morgan fingerprint density at radius 1 is 1.08 bits per heavy atom. The van der Waals surface area contributed by atoms with Gasteiger partial charge < -0.3 is 15.8 Å². The van der Waals surface area contributed by atoms with Crippen LogP contribution >= 0.6 is 11.6 Å². The lowest BCUT2D eigenvalue weighted by molar-refractivity contribution is -0.123. The summed E-state index contributed by atoms with van der Waals surface area (Å²) in [6, 6.07) is 14.9. The molecule has 0 aromatic heterocycles. The number of rotatable bonds is 11. The summed E-state index contributed by atoms with van der Waals surface area (Å²) in [4.78, 5) is 25.4. The number of halogens is 3. The Balaban J connectivity index is 1.58. The van der Waals surface area contributed by atoms with Gasteiger partial charge in [-0.25, -0.2) is 8.42 Å². The summed E-state index contributed by atoms with van der Waals surface area (Å²) in [5, 5.41) is 2.81. The molecule has 3 aromatic carbocycles. The zero-order chi connectivity index (χ0) is 28.3. The quantitative estimate of drug-likeness (QED) is 0.267. The lowest BCUT2D eigenvalue weighted by atomic mass is 9.93. The lowest BCUT2D eigenvalue weighted by Gasteiger charge is -2.19. The van der Waals surface area contributed by atoms with Crippen LogP contribution in [-0.2, 0) is 19.4 Å². The van der Waals surface area contributed by atoms with Gasteiger partial charge in [-0.1, -0.05) is 41.9 Å². The van der Waals surface area contributed by atoms with Crippen LogP contribution in [0, 0.1) is 5.92 Å². The average Bonchev–Trinajstić information content (AvgIpc) is 3.68. The fraction of sp³-hybridized carbons (Fsp3) is 0.286. The molecule has 0 radical (unpaired) electrons. The standard InChI is InChI=1S/C28H27ClF2N2O5S/c1-16(34)12-21(18-8-10-19(11-9-18)39(36,37)15-17-6-7-17)27(35)33-25-14-23(29)22(13-24(25)32)20-4-2-3-5-26(20)38-28(30)31/h2-5,8-11,13-14,17,21,28H,6-7,12,15,32H2,1H3,(H,33,35). The van der Waals surface area contributed by atoms with Gasteiger partial charge in [0.1, 0.15) is 11.5 Å². The van der Waals surface area contributed by atoms with E-state index in [4.69, 9.17) is 17.3 Å². The number of nitrogen functional groups attached to an aromatic ring is 1. The molecule has 1 atom stereocenters. The van der Waals surface area contributed by atoms with Crippen molar-refractivity contribution in [2.75, 3.05) is 16.8 Å². The van der Waals surface area contributed by atoms with Gasteiger partial charge in [0.2, 0.25) is 5.91 Å². The van der Waals surface area contributed by atoms with Crippen LogP contribution in [0.15, 0.2) is 65.6 Å². The van der Waals surface area contributed by atoms with E-state index >= 15 is 0 Å². The largest absolute Gasteiger partial charge is 0.434 e. The number of sulfone groups is 1. The lowest BCUT2D eigenvalue weighted by Crippen LogP contribution is -2.23. The van der Waals surface area contributed by atoms with Crippen LogP contribution < -0.4 is 15.8 Å². The van der Waals surface area contributed by atoms with Gasteiger partial charge in [-0.3, -0.25) is 9.59 Å². The van der Waals surface area contributed by atoms with Crippen LogP contribution in [0.3, 0.4) is 0 Å². The van der Waals surface area contributed by atoms with E-state index in [0.717, 1.165) is 12.8 Å². The molecule has 1 amide bonds. The average molecular weight is 577 g/mol. The second kappa shape index (κ2) is 11.7. The minimum absolute atomic E-state index is 0.0882. The maximum absolute atomic E-state index is 13.3. The maximum atomic E-state index is 13.3. The Hall–Kier alpha value is -3.50. The van der Waals surface area contributed by atoms with E-state index in [9.17, 15) is 26.8 Å². The van der Waals surface area contributed by atoms with Crippen molar-refractivity contribution in [1.29, 1.82) is 0 Å². The molecule has 0 bridgehead atoms. The van der Waals surface area contributed by atoms with E-state index in [1.54, 1.807) is 12.1 Å². The van der Waals surface area contributed by atoms with Crippen LogP contribution in [0.4, 0.5) is 20.2 Å². The zero-order valence-electron chi connectivity index (χ0n) is 21.0. The first-order chi connectivity index (χ1) is 18.4. The van der Waals surface area contributed by atoms with Gasteiger partial charge in [-0.05, 0) is 61.6 Å². The Morgan fingerprint density at radius 2 is 1.74 bits per heavy atom. The number of amides is 1. The van der Waals surface area contributed by atoms with E-state index in [-0.39, 0.29) is 50.9 Å². The predicted octanol–water partition coefficient (Wildman–Crippen LogP) is 6.08. The Labute approximate surface area is 230 Å². The van der Waals surface area contributed by atoms with Crippen molar-refractivity contribution in [2.45, 2.75) is 43.6 Å². The van der Waals surface area contributed by atoms with Crippen molar-refractivity contribution >= 4 is 44.5 Å². The van der Waals surface area contributed by atoms with E-state index in [1.165, 1.54) is 55.5 Å². The molecule has 0 aliphatic heterocycles. The summed E-state index contributed by atoms with van der Waals surface area (Å²) in [5.41, 5.74) is 7.54. The molecule has 0 saturated heterocycles. The van der Waals surface area contributed by atoms with E-state index in [2.05, 4.69) is 10.1 Å². The Bertz CT molecular complexity index is 1490. The fourth-order valence-corrected chi connectivity index (χ4v) is 6.22. The minimum Gasteiger partial charge on any atom is -0.434 e. The summed E-state index contributed by atoms with van der Waals surface area (Å²) < 4.78 is 55.5. The summed E-state index contributed by atoms with van der Waals surface area (Å²) >= 11 is 6.45. The number of carbonyl (C=O) groups is 2. The number of ether oxygens (including phenoxy) is 1. The SMILES string of the molecule is CC(=O)CC(C(=O)Nc1cc(Cl)c(-c2ccccc2OC(F)F)cc1N)c1ccc(S(=O)(=O)CC2CC2)cc1. The number of para-hydroxylation sites is 1. The van der Waals surface area contributed by atoms with Crippen molar-refractivity contribution < 1.29 is 31.5 Å². The topological polar surface area (TPSA) is 116 Å². The summed E-state index contributed by atoms with van der Waals surface area (Å²) in [5.74, 6) is -1.50. The molecule has 1 aliphatic carbocycles. The van der Waals surface area contributed by atoms with Crippen molar-refractivity contribution in [3.63, 3.8) is 0 Å². The van der Waals surface area contributed by atoms with Crippen LogP contribution in [0.2, 0.25) is 5.02 Å². The Kier molecular flexibility index (Phi) is 8.56. The van der Waals surface area contributed by atoms with Gasteiger partial charge in [0, 0.05) is 17.5 Å². The number of alkyl halides is 2. The van der Waals surface area contributed by atoms with E-state index in [0.29, 0.717) is 16.7 Å². The van der Waals surface area contributed by atoms with Crippen LogP contribution in [0.1, 0.15) is 37.7 Å². The summed E-state index contributed by atoms with van der Waals surface area (Å²) in [6.45, 7) is -1.68. The van der Waals surface area contributed by atoms with Gasteiger partial charge >= 0.3 is 6.61 Å². The highest BCUT2D eigenvalue weighted by Gasteiger charge is 2.30. The number of benzene rings is 3. The molecule has 7 nitrogen and oxygen atoms in total. The minimum atomic E-state index is -3.43. The number of hydrogen-bond donors (Lipinski definition) is 2. The van der Waals surface area contributed by atoms with Gasteiger partial charge in [-0.15, -0.1) is 0 Å². The highest BCUT2D eigenvalue weighted by atomic mass is 35.5. The molecule has 206 valence electrons. The van der Waals surface area contributed by atoms with E-state index < -0.39 is 28.3 Å². The monoisotopic (exact) mass is 576 g/mol. The van der Waals surface area contributed by atoms with E-state index in [1.807, 2.05) is 0 Å². The third-order valence-electron chi connectivity index (χ3n) is 6.39. The number of nitrogens with one attached hydrogen (secondary N) is 1. The third-order valence-corrected chi connectivity index (χ3v) is 8.61. The van der Waals surface area contributed by atoms with Gasteiger partial charge in [0.25, 0.3) is 0 Å². The van der Waals surface area contributed by atoms with Gasteiger partial charge in [0.05, 0.1) is 33.0 Å². The number of anilines is 2. The smallest absolute Gasteiger partial charge is 0.387 e. The van der Waals surface area contributed by atoms with Crippen molar-refractivity contribution in [3.05, 3.63) is 71.2 Å². The maximum Gasteiger partial charge on any atom is 0.387 e. The normalized spacial score (nSPS) is 14.2. The molecular formula is C28H27ClF2N2O5S. The summed E-state index contributed by atoms with van der Waals surface area (Å²) in [6.07, 6.45) is 1.69. The first-order valence-electron chi connectivity index (χ1n) is 12.2. The molecule has 1 fully saturated rings. The van der Waals surface area contributed by atoms with Crippen molar-refractivity contribution in [1.82, 2.24) is 0 Å². The molecule has 1 aliphatic rings. The first-order valence-corrected chi connectivity index (χ1v) is 14.2. The summed E-state index contributed by atoms with van der Waals surface area (Å²) in [7, 11) is -3.43. The van der Waals surface area contributed by atoms with Crippen LogP contribution in [-0.4, -0.2) is 32.5 Å². The van der Waals surface area contributed by atoms with Gasteiger partial charge in [0.15, 0.2) is 9.84 Å². The third kappa shape index (κ3) is 7.13. The van der Waals surface area contributed by atoms with Crippen LogP contribution in [0.25, 0.3) is 11.1 Å². The van der Waals surface area contributed by atoms with Crippen molar-refractivity contribution in [2.24, 2.45) is 5.92 Å². The number of ketones is 1. The molecule has 4 rings (SSSR count). The second-order valence-corrected chi connectivity index (χ2v) is 12.0. The van der Waals surface area contributed by atoms with Gasteiger partial charge in [-0.2, -0.15) is 8.78 Å². The van der Waals surface area contributed by atoms with Crippen molar-refractivity contribution in [3.8, 4) is 16.9 Å². The number of carbonyl (C=O) groups excluding carboxylic acids is 2. The molecule has 39 heavy (non-hydrogen) atoms. The highest BCUT2D eigenvalue weighted by molar-refractivity contribution is 7.91.